The number of nitrogens with zero attached hydrogens (tertiary/aromatic N) is 3. The van der Waals surface area contributed by atoms with Crippen molar-refractivity contribution in [2.75, 3.05) is 11.9 Å². The highest BCUT2D eigenvalue weighted by Gasteiger charge is 2.13. The fourth-order valence-corrected chi connectivity index (χ4v) is 1.61. The zero-order valence-corrected chi connectivity index (χ0v) is 11.9. The Labute approximate surface area is 118 Å². The van der Waals surface area contributed by atoms with Crippen LogP contribution >= 0.6 is 0 Å². The summed E-state index contributed by atoms with van der Waals surface area (Å²) >= 11 is 0. The molecular weight excluding hydrogens is 254 g/mol. The highest BCUT2D eigenvalue weighted by molar-refractivity contribution is 5.93. The quantitative estimate of drug-likeness (QED) is 0.887. The van der Waals surface area contributed by atoms with E-state index >= 15 is 0 Å². The van der Waals surface area contributed by atoms with Crippen LogP contribution in [0.1, 0.15) is 20.8 Å². The molecule has 0 aliphatic carbocycles. The molecule has 2 N–H and O–H groups in total. The molecule has 0 bridgehead atoms. The van der Waals surface area contributed by atoms with Crippen LogP contribution in [-0.2, 0) is 4.79 Å². The topological polar surface area (TPSA) is 71.8 Å². The average Bonchev–Trinajstić information content (AvgIpc) is 2.90. The summed E-state index contributed by atoms with van der Waals surface area (Å²) in [5.41, 5.74) is 0.536. The SMILES string of the molecule is CC(C)(C)NCC(=O)Nc1cccnc1-n1cccn1. The van der Waals surface area contributed by atoms with Gasteiger partial charge in [0, 0.05) is 24.1 Å². The van der Waals surface area contributed by atoms with Gasteiger partial charge in [0.1, 0.15) is 0 Å². The molecule has 0 aliphatic heterocycles. The van der Waals surface area contributed by atoms with E-state index in [1.165, 1.54) is 0 Å². The van der Waals surface area contributed by atoms with Gasteiger partial charge in [-0.2, -0.15) is 5.10 Å². The first-order chi connectivity index (χ1) is 9.46. The maximum absolute atomic E-state index is 11.9. The third kappa shape index (κ3) is 3.89. The Balaban J connectivity index is 2.08. The van der Waals surface area contributed by atoms with Crippen molar-refractivity contribution in [3.63, 3.8) is 0 Å². The van der Waals surface area contributed by atoms with Crippen molar-refractivity contribution in [1.29, 1.82) is 0 Å². The van der Waals surface area contributed by atoms with Crippen LogP contribution in [0.4, 0.5) is 5.69 Å². The van der Waals surface area contributed by atoms with Crippen molar-refractivity contribution in [2.45, 2.75) is 26.3 Å². The van der Waals surface area contributed by atoms with E-state index < -0.39 is 0 Å². The van der Waals surface area contributed by atoms with Crippen LogP contribution in [0, 0.1) is 0 Å². The van der Waals surface area contributed by atoms with E-state index in [4.69, 9.17) is 0 Å². The van der Waals surface area contributed by atoms with Gasteiger partial charge in [-0.3, -0.25) is 4.79 Å². The van der Waals surface area contributed by atoms with Gasteiger partial charge >= 0.3 is 0 Å². The molecule has 2 aromatic rings. The van der Waals surface area contributed by atoms with Crippen LogP contribution in [0.3, 0.4) is 0 Å². The second kappa shape index (κ2) is 5.83. The third-order valence-electron chi connectivity index (χ3n) is 2.56. The van der Waals surface area contributed by atoms with E-state index in [9.17, 15) is 4.79 Å². The van der Waals surface area contributed by atoms with E-state index in [0.717, 1.165) is 0 Å². The second-order valence-corrected chi connectivity index (χ2v) is 5.48. The minimum atomic E-state index is -0.110. The highest BCUT2D eigenvalue weighted by Crippen LogP contribution is 2.15. The van der Waals surface area contributed by atoms with Gasteiger partial charge in [-0.1, -0.05) is 0 Å². The Morgan fingerprint density at radius 2 is 2.10 bits per heavy atom. The first kappa shape index (κ1) is 14.2. The van der Waals surface area contributed by atoms with Crippen LogP contribution in [0.2, 0.25) is 0 Å². The minimum absolute atomic E-state index is 0.100. The van der Waals surface area contributed by atoms with Gasteiger partial charge in [-0.05, 0) is 39.0 Å². The van der Waals surface area contributed by atoms with Crippen LogP contribution in [-0.4, -0.2) is 32.8 Å². The van der Waals surface area contributed by atoms with E-state index in [0.29, 0.717) is 11.5 Å². The third-order valence-corrected chi connectivity index (χ3v) is 2.56. The number of hydrogen-bond acceptors (Lipinski definition) is 4. The van der Waals surface area contributed by atoms with Crippen LogP contribution in [0.25, 0.3) is 5.82 Å². The van der Waals surface area contributed by atoms with Gasteiger partial charge in [0.2, 0.25) is 5.91 Å². The molecule has 0 radical (unpaired) electrons. The van der Waals surface area contributed by atoms with E-state index in [1.807, 2.05) is 20.8 Å². The molecule has 0 unspecified atom stereocenters. The summed E-state index contributed by atoms with van der Waals surface area (Å²) in [5.74, 6) is 0.489. The number of pyridine rings is 1. The Hall–Kier alpha value is -2.21. The molecule has 2 rings (SSSR count). The molecule has 1 amide bonds. The van der Waals surface area contributed by atoms with Crippen LogP contribution in [0.15, 0.2) is 36.8 Å². The maximum Gasteiger partial charge on any atom is 0.238 e. The molecule has 0 aromatic carbocycles. The van der Waals surface area contributed by atoms with Crippen LogP contribution in [0.5, 0.6) is 0 Å². The number of amides is 1. The number of aromatic nitrogens is 3. The molecule has 0 aliphatic rings. The monoisotopic (exact) mass is 273 g/mol. The van der Waals surface area contributed by atoms with E-state index in [2.05, 4.69) is 20.7 Å². The number of carbonyl (C=O) groups excluding carboxylic acids is 1. The lowest BCUT2D eigenvalue weighted by molar-refractivity contribution is -0.115. The highest BCUT2D eigenvalue weighted by atomic mass is 16.1. The number of nitrogens with one attached hydrogen (secondary N) is 2. The fourth-order valence-electron chi connectivity index (χ4n) is 1.61. The Bertz CT molecular complexity index is 572. The molecule has 2 heterocycles. The van der Waals surface area contributed by atoms with Crippen molar-refractivity contribution < 1.29 is 4.79 Å². The first-order valence-corrected chi connectivity index (χ1v) is 6.46. The number of carbonyl (C=O) groups is 1. The summed E-state index contributed by atoms with van der Waals surface area (Å²) in [6.07, 6.45) is 5.12. The summed E-state index contributed by atoms with van der Waals surface area (Å²) < 4.78 is 1.62. The Morgan fingerprint density at radius 1 is 1.30 bits per heavy atom. The van der Waals surface area contributed by atoms with Crippen molar-refractivity contribution in [3.05, 3.63) is 36.8 Å². The number of rotatable bonds is 4. The second-order valence-electron chi connectivity index (χ2n) is 5.48. The van der Waals surface area contributed by atoms with Gasteiger partial charge < -0.3 is 10.6 Å². The summed E-state index contributed by atoms with van der Waals surface area (Å²) in [4.78, 5) is 16.2. The number of hydrogen-bond donors (Lipinski definition) is 2. The zero-order chi connectivity index (χ0) is 14.6. The minimum Gasteiger partial charge on any atom is -0.322 e. The molecule has 0 spiro atoms. The molecule has 6 heteroatoms. The average molecular weight is 273 g/mol. The van der Waals surface area contributed by atoms with Gasteiger partial charge in [0.25, 0.3) is 0 Å². The Kier molecular flexibility index (Phi) is 4.14. The molecule has 20 heavy (non-hydrogen) atoms. The fraction of sp³-hybridized carbons (Fsp3) is 0.357. The van der Waals surface area contributed by atoms with Crippen LogP contribution < -0.4 is 10.6 Å². The lowest BCUT2D eigenvalue weighted by Gasteiger charge is -2.20. The molecular formula is C14H19N5O. The summed E-state index contributed by atoms with van der Waals surface area (Å²) in [5, 5.41) is 10.1. The van der Waals surface area contributed by atoms with Crippen molar-refractivity contribution in [2.24, 2.45) is 0 Å². The van der Waals surface area contributed by atoms with Crippen molar-refractivity contribution >= 4 is 11.6 Å². The Morgan fingerprint density at radius 3 is 2.75 bits per heavy atom. The van der Waals surface area contributed by atoms with Crippen molar-refractivity contribution in [3.8, 4) is 5.82 Å². The predicted octanol–water partition coefficient (Wildman–Crippen LogP) is 1.59. The molecule has 0 saturated heterocycles. The van der Waals surface area contributed by atoms with Crippen molar-refractivity contribution in [1.82, 2.24) is 20.1 Å². The van der Waals surface area contributed by atoms with Gasteiger partial charge in [0.05, 0.1) is 12.2 Å². The van der Waals surface area contributed by atoms with E-state index in [-0.39, 0.29) is 18.0 Å². The number of anilines is 1. The summed E-state index contributed by atoms with van der Waals surface area (Å²) in [7, 11) is 0. The van der Waals surface area contributed by atoms with Gasteiger partial charge in [-0.15, -0.1) is 0 Å². The lowest BCUT2D eigenvalue weighted by atomic mass is 10.1. The van der Waals surface area contributed by atoms with Gasteiger partial charge in [-0.25, -0.2) is 9.67 Å². The largest absolute Gasteiger partial charge is 0.322 e. The predicted molar refractivity (Wildman–Crippen MR) is 77.7 cm³/mol. The maximum atomic E-state index is 11.9. The lowest BCUT2D eigenvalue weighted by Crippen LogP contribution is -2.41. The first-order valence-electron chi connectivity index (χ1n) is 6.46. The zero-order valence-electron chi connectivity index (χ0n) is 11.9. The van der Waals surface area contributed by atoms with Gasteiger partial charge in [0.15, 0.2) is 5.82 Å². The molecule has 0 saturated carbocycles. The molecule has 0 fully saturated rings. The molecule has 6 nitrogen and oxygen atoms in total. The smallest absolute Gasteiger partial charge is 0.238 e. The van der Waals surface area contributed by atoms with E-state index in [1.54, 1.807) is 41.5 Å². The summed E-state index contributed by atoms with van der Waals surface area (Å²) in [6.45, 7) is 6.29. The normalized spacial score (nSPS) is 11.3. The standard InChI is InChI=1S/C14H19N5O/c1-14(2,3)16-10-12(20)18-11-6-4-7-15-13(11)19-9-5-8-17-19/h4-9,16H,10H2,1-3H3,(H,18,20). The molecule has 0 atom stereocenters. The molecule has 106 valence electrons. The molecule has 2 aromatic heterocycles. The summed E-state index contributed by atoms with van der Waals surface area (Å²) in [6, 6.07) is 5.39.